The Bertz CT molecular complexity index is 691. The summed E-state index contributed by atoms with van der Waals surface area (Å²) in [6, 6.07) is 2.19. The highest BCUT2D eigenvalue weighted by atomic mass is 16.5. The maximum absolute atomic E-state index is 6.30. The van der Waals surface area contributed by atoms with Crippen molar-refractivity contribution in [3.63, 3.8) is 0 Å². The van der Waals surface area contributed by atoms with Crippen LogP contribution in [0.15, 0.2) is 18.5 Å². The summed E-state index contributed by atoms with van der Waals surface area (Å²) in [5.74, 6) is 0.503. The summed E-state index contributed by atoms with van der Waals surface area (Å²) in [6.45, 7) is 6.08. The number of aromatic nitrogens is 4. The fraction of sp³-hybridized carbons (Fsp3) is 0.667. The van der Waals surface area contributed by atoms with E-state index in [1.54, 1.807) is 0 Å². The van der Waals surface area contributed by atoms with Gasteiger partial charge in [0.2, 0.25) is 0 Å². The van der Waals surface area contributed by atoms with Gasteiger partial charge in [0.1, 0.15) is 0 Å². The summed E-state index contributed by atoms with van der Waals surface area (Å²) in [5.41, 5.74) is 3.79. The van der Waals surface area contributed by atoms with Gasteiger partial charge in [0.05, 0.1) is 24.1 Å². The van der Waals surface area contributed by atoms with Gasteiger partial charge in [-0.3, -0.25) is 14.3 Å². The van der Waals surface area contributed by atoms with Crippen LogP contribution in [-0.2, 0) is 25.4 Å². The Morgan fingerprint density at radius 1 is 1.29 bits per heavy atom. The Labute approximate surface area is 143 Å². The first-order chi connectivity index (χ1) is 11.5. The lowest BCUT2D eigenvalue weighted by Gasteiger charge is -2.38. The van der Waals surface area contributed by atoms with Crippen LogP contribution in [0.4, 0.5) is 0 Å². The van der Waals surface area contributed by atoms with Crippen LogP contribution in [-0.4, -0.2) is 49.8 Å². The molecule has 0 aromatic carbocycles. The monoisotopic (exact) mass is 329 g/mol. The summed E-state index contributed by atoms with van der Waals surface area (Å²) >= 11 is 0. The van der Waals surface area contributed by atoms with Crippen molar-refractivity contribution in [3.8, 4) is 0 Å². The zero-order valence-corrected chi connectivity index (χ0v) is 14.9. The predicted octanol–water partition coefficient (Wildman–Crippen LogP) is 2.00. The van der Waals surface area contributed by atoms with Crippen LogP contribution in [0.2, 0.25) is 0 Å². The van der Waals surface area contributed by atoms with Gasteiger partial charge < -0.3 is 4.74 Å². The van der Waals surface area contributed by atoms with E-state index in [9.17, 15) is 0 Å². The molecule has 0 saturated carbocycles. The second-order valence-electron chi connectivity index (χ2n) is 7.52. The quantitative estimate of drug-likeness (QED) is 0.864. The van der Waals surface area contributed by atoms with E-state index in [1.807, 2.05) is 29.7 Å². The SMILES string of the molecule is Cc1cc(CN2CCC3(CC2)C[C@H](c2cnn(C)c2)CO3)nn1C. The number of hydrogen-bond donors (Lipinski definition) is 0. The molecule has 24 heavy (non-hydrogen) atoms. The van der Waals surface area contributed by atoms with E-state index >= 15 is 0 Å². The van der Waals surface area contributed by atoms with Gasteiger partial charge in [-0.25, -0.2) is 0 Å². The number of rotatable bonds is 3. The zero-order valence-electron chi connectivity index (χ0n) is 14.9. The average Bonchev–Trinajstić information content (AvgIpc) is 3.23. The molecule has 2 aromatic rings. The molecular weight excluding hydrogens is 302 g/mol. The Morgan fingerprint density at radius 3 is 2.71 bits per heavy atom. The minimum Gasteiger partial charge on any atom is -0.374 e. The zero-order chi connectivity index (χ0) is 16.7. The molecule has 2 fully saturated rings. The van der Waals surface area contributed by atoms with E-state index in [0.717, 1.165) is 45.5 Å². The summed E-state index contributed by atoms with van der Waals surface area (Å²) < 4.78 is 10.1. The molecule has 2 aromatic heterocycles. The molecule has 1 atom stereocenters. The van der Waals surface area contributed by atoms with Crippen LogP contribution >= 0.6 is 0 Å². The Balaban J connectivity index is 1.34. The summed E-state index contributed by atoms with van der Waals surface area (Å²) in [5, 5.41) is 8.89. The summed E-state index contributed by atoms with van der Waals surface area (Å²) in [6.07, 6.45) is 7.50. The average molecular weight is 329 g/mol. The number of aryl methyl sites for hydroxylation is 3. The van der Waals surface area contributed by atoms with Crippen LogP contribution in [0.25, 0.3) is 0 Å². The van der Waals surface area contributed by atoms with Crippen molar-refractivity contribution < 1.29 is 4.74 Å². The van der Waals surface area contributed by atoms with Gasteiger partial charge in [0.15, 0.2) is 0 Å². The number of nitrogens with zero attached hydrogens (tertiary/aromatic N) is 5. The first-order valence-electron chi connectivity index (χ1n) is 8.87. The van der Waals surface area contributed by atoms with Crippen molar-refractivity contribution in [3.05, 3.63) is 35.4 Å². The third-order valence-corrected chi connectivity index (χ3v) is 5.72. The molecule has 2 aliphatic rings. The Kier molecular flexibility index (Phi) is 3.96. The highest BCUT2D eigenvalue weighted by Gasteiger charge is 2.43. The minimum atomic E-state index is 0.0804. The molecule has 0 unspecified atom stereocenters. The van der Waals surface area contributed by atoms with Gasteiger partial charge in [-0.2, -0.15) is 10.2 Å². The van der Waals surface area contributed by atoms with Gasteiger partial charge in [0, 0.05) is 51.5 Å². The molecule has 4 heterocycles. The van der Waals surface area contributed by atoms with Gasteiger partial charge >= 0.3 is 0 Å². The normalized spacial score (nSPS) is 24.0. The van der Waals surface area contributed by atoms with E-state index in [2.05, 4.69) is 34.3 Å². The maximum Gasteiger partial charge on any atom is 0.0767 e. The molecule has 6 heteroatoms. The second-order valence-corrected chi connectivity index (χ2v) is 7.52. The molecule has 0 bridgehead atoms. The highest BCUT2D eigenvalue weighted by molar-refractivity contribution is 5.16. The molecule has 6 nitrogen and oxygen atoms in total. The van der Waals surface area contributed by atoms with Crippen molar-refractivity contribution in [1.29, 1.82) is 0 Å². The molecule has 130 valence electrons. The van der Waals surface area contributed by atoms with Crippen LogP contribution in [0.3, 0.4) is 0 Å². The topological polar surface area (TPSA) is 48.1 Å². The molecule has 0 radical (unpaired) electrons. The van der Waals surface area contributed by atoms with Crippen molar-refractivity contribution in [2.45, 2.75) is 44.2 Å². The third-order valence-electron chi connectivity index (χ3n) is 5.72. The lowest BCUT2D eigenvalue weighted by Crippen LogP contribution is -2.43. The molecule has 0 amide bonds. The minimum absolute atomic E-state index is 0.0804. The summed E-state index contributed by atoms with van der Waals surface area (Å²) in [7, 11) is 3.99. The van der Waals surface area contributed by atoms with E-state index in [1.165, 1.54) is 17.0 Å². The van der Waals surface area contributed by atoms with Crippen molar-refractivity contribution in [2.75, 3.05) is 19.7 Å². The molecule has 4 rings (SSSR count). The van der Waals surface area contributed by atoms with Gasteiger partial charge in [-0.05, 0) is 37.8 Å². The smallest absolute Gasteiger partial charge is 0.0767 e. The second kappa shape index (κ2) is 6.01. The molecule has 2 aliphatic heterocycles. The predicted molar refractivity (Wildman–Crippen MR) is 91.7 cm³/mol. The number of hydrogen-bond acceptors (Lipinski definition) is 4. The van der Waals surface area contributed by atoms with E-state index in [-0.39, 0.29) is 5.60 Å². The van der Waals surface area contributed by atoms with Gasteiger partial charge in [-0.15, -0.1) is 0 Å². The van der Waals surface area contributed by atoms with Crippen LogP contribution in [0.5, 0.6) is 0 Å². The fourth-order valence-electron chi connectivity index (χ4n) is 4.12. The largest absolute Gasteiger partial charge is 0.374 e. The first-order valence-corrected chi connectivity index (χ1v) is 8.87. The Hall–Kier alpha value is -1.66. The van der Waals surface area contributed by atoms with Crippen molar-refractivity contribution in [1.82, 2.24) is 24.5 Å². The van der Waals surface area contributed by atoms with Crippen LogP contribution in [0, 0.1) is 6.92 Å². The number of likely N-dealkylation sites (tertiary alicyclic amines) is 1. The standard InChI is InChI=1S/C18H27N5O/c1-14-8-17(20-22(14)3)12-23-6-4-18(5-7-23)9-15(13-24-18)16-10-19-21(2)11-16/h8,10-11,15H,4-7,9,12-13H2,1-3H3/t15-/m0/s1. The Morgan fingerprint density at radius 2 is 2.08 bits per heavy atom. The lowest BCUT2D eigenvalue weighted by molar-refractivity contribution is -0.0450. The molecule has 2 saturated heterocycles. The third kappa shape index (κ3) is 3.00. The number of ether oxygens (including phenoxy) is 1. The van der Waals surface area contributed by atoms with Crippen LogP contribution < -0.4 is 0 Å². The summed E-state index contributed by atoms with van der Waals surface area (Å²) in [4.78, 5) is 2.51. The molecule has 0 N–H and O–H groups in total. The highest BCUT2D eigenvalue weighted by Crippen LogP contribution is 2.42. The first kappa shape index (κ1) is 15.8. The molecule has 0 aliphatic carbocycles. The molecular formula is C18H27N5O. The van der Waals surface area contributed by atoms with Crippen molar-refractivity contribution >= 4 is 0 Å². The van der Waals surface area contributed by atoms with Gasteiger partial charge in [-0.1, -0.05) is 0 Å². The van der Waals surface area contributed by atoms with E-state index in [4.69, 9.17) is 4.74 Å². The van der Waals surface area contributed by atoms with E-state index in [0.29, 0.717) is 5.92 Å². The maximum atomic E-state index is 6.30. The van der Waals surface area contributed by atoms with E-state index < -0.39 is 0 Å². The van der Waals surface area contributed by atoms with Gasteiger partial charge in [0.25, 0.3) is 0 Å². The fourth-order valence-corrected chi connectivity index (χ4v) is 4.12. The van der Waals surface area contributed by atoms with Crippen LogP contribution in [0.1, 0.15) is 42.1 Å². The number of piperidine rings is 1. The lowest BCUT2D eigenvalue weighted by atomic mass is 9.84. The van der Waals surface area contributed by atoms with Crippen molar-refractivity contribution in [2.24, 2.45) is 14.1 Å². The molecule has 1 spiro atoms.